The first-order valence-electron chi connectivity index (χ1n) is 7.15. The van der Waals surface area contributed by atoms with Crippen molar-refractivity contribution in [1.82, 2.24) is 4.90 Å². The third-order valence-electron chi connectivity index (χ3n) is 4.03. The molecule has 1 aliphatic heterocycles. The molecule has 0 aliphatic carbocycles. The monoisotopic (exact) mass is 283 g/mol. The molecule has 21 heavy (non-hydrogen) atoms. The average Bonchev–Trinajstić information content (AvgIpc) is 2.97. The summed E-state index contributed by atoms with van der Waals surface area (Å²) in [6.07, 6.45) is 1.58. The summed E-state index contributed by atoms with van der Waals surface area (Å²) >= 11 is 0. The van der Waals surface area contributed by atoms with E-state index in [0.29, 0.717) is 13.0 Å². The highest BCUT2D eigenvalue weighted by Crippen LogP contribution is 2.20. The van der Waals surface area contributed by atoms with Crippen LogP contribution in [0.25, 0.3) is 10.8 Å². The van der Waals surface area contributed by atoms with Gasteiger partial charge < -0.3 is 10.0 Å². The molecule has 1 amide bonds. The Kier molecular flexibility index (Phi) is 3.60. The summed E-state index contributed by atoms with van der Waals surface area (Å²) in [5, 5.41) is 11.4. The lowest BCUT2D eigenvalue weighted by molar-refractivity contribution is -0.148. The predicted octanol–water partition coefficient (Wildman–Crippen LogP) is 2.46. The second-order valence-corrected chi connectivity index (χ2v) is 5.44. The maximum Gasteiger partial charge on any atom is 0.326 e. The standard InChI is InChI=1S/C17H17NO3/c19-16(18-9-3-6-15(18)17(20)21)11-12-7-8-13-4-1-2-5-14(13)10-12/h1-2,4-5,7-8,10,15H,3,6,9,11H2,(H,20,21)/t15-/m1/s1. The van der Waals surface area contributed by atoms with Crippen LogP contribution in [-0.4, -0.2) is 34.5 Å². The number of fused-ring (bicyclic) bond motifs is 1. The molecule has 4 nitrogen and oxygen atoms in total. The largest absolute Gasteiger partial charge is 0.480 e. The number of aliphatic carboxylic acids is 1. The van der Waals surface area contributed by atoms with Gasteiger partial charge in [0.1, 0.15) is 6.04 Å². The predicted molar refractivity (Wildman–Crippen MR) is 80.0 cm³/mol. The number of likely N-dealkylation sites (tertiary alicyclic amines) is 1. The summed E-state index contributed by atoms with van der Waals surface area (Å²) in [6, 6.07) is 13.3. The van der Waals surface area contributed by atoms with Crippen molar-refractivity contribution in [2.24, 2.45) is 0 Å². The molecule has 0 spiro atoms. The Hall–Kier alpha value is -2.36. The van der Waals surface area contributed by atoms with E-state index in [-0.39, 0.29) is 12.3 Å². The molecule has 2 aromatic rings. The second-order valence-electron chi connectivity index (χ2n) is 5.44. The minimum absolute atomic E-state index is 0.102. The number of benzene rings is 2. The van der Waals surface area contributed by atoms with Crippen molar-refractivity contribution in [2.75, 3.05) is 6.54 Å². The number of hydrogen-bond donors (Lipinski definition) is 1. The van der Waals surface area contributed by atoms with Gasteiger partial charge in [-0.05, 0) is 29.2 Å². The molecule has 1 fully saturated rings. The molecule has 2 aromatic carbocycles. The lowest BCUT2D eigenvalue weighted by atomic mass is 10.0. The highest BCUT2D eigenvalue weighted by Gasteiger charge is 2.33. The Morgan fingerprint density at radius 3 is 2.67 bits per heavy atom. The van der Waals surface area contributed by atoms with Crippen LogP contribution >= 0.6 is 0 Å². The molecule has 1 aliphatic rings. The average molecular weight is 283 g/mol. The van der Waals surface area contributed by atoms with Crippen LogP contribution in [0.3, 0.4) is 0 Å². The van der Waals surface area contributed by atoms with Gasteiger partial charge in [-0.15, -0.1) is 0 Å². The summed E-state index contributed by atoms with van der Waals surface area (Å²) in [5.74, 6) is -1.01. The van der Waals surface area contributed by atoms with Crippen molar-refractivity contribution in [3.05, 3.63) is 48.0 Å². The lowest BCUT2D eigenvalue weighted by Crippen LogP contribution is -2.41. The lowest BCUT2D eigenvalue weighted by Gasteiger charge is -2.21. The molecule has 1 saturated heterocycles. The molecule has 3 rings (SSSR count). The number of carbonyl (C=O) groups is 2. The van der Waals surface area contributed by atoms with Crippen LogP contribution < -0.4 is 0 Å². The van der Waals surface area contributed by atoms with Crippen molar-refractivity contribution < 1.29 is 14.7 Å². The van der Waals surface area contributed by atoms with Crippen LogP contribution in [-0.2, 0) is 16.0 Å². The van der Waals surface area contributed by atoms with E-state index in [2.05, 4.69) is 0 Å². The molecule has 0 aromatic heterocycles. The van der Waals surface area contributed by atoms with Gasteiger partial charge in [0.2, 0.25) is 5.91 Å². The third-order valence-corrected chi connectivity index (χ3v) is 4.03. The first kappa shape index (κ1) is 13.6. The Balaban J connectivity index is 1.78. The molecule has 0 radical (unpaired) electrons. The van der Waals surface area contributed by atoms with Gasteiger partial charge in [0.15, 0.2) is 0 Å². The maximum atomic E-state index is 12.3. The Bertz CT molecular complexity index is 695. The molecule has 0 bridgehead atoms. The van der Waals surface area contributed by atoms with Crippen LogP contribution in [0.5, 0.6) is 0 Å². The number of carboxylic acids is 1. The SMILES string of the molecule is O=C(O)[C@H]1CCCN1C(=O)Cc1ccc2ccccc2c1. The van der Waals surface area contributed by atoms with Crippen molar-refractivity contribution in [3.8, 4) is 0 Å². The van der Waals surface area contributed by atoms with E-state index < -0.39 is 12.0 Å². The van der Waals surface area contributed by atoms with E-state index in [0.717, 1.165) is 22.8 Å². The highest BCUT2D eigenvalue weighted by molar-refractivity contribution is 5.87. The molecule has 1 heterocycles. The number of amides is 1. The van der Waals surface area contributed by atoms with Gasteiger partial charge in [0.25, 0.3) is 0 Å². The van der Waals surface area contributed by atoms with E-state index in [4.69, 9.17) is 5.11 Å². The number of hydrogen-bond acceptors (Lipinski definition) is 2. The minimum atomic E-state index is -0.903. The number of nitrogens with zero attached hydrogens (tertiary/aromatic N) is 1. The third kappa shape index (κ3) is 2.75. The van der Waals surface area contributed by atoms with E-state index in [1.54, 1.807) is 0 Å². The Morgan fingerprint density at radius 2 is 1.90 bits per heavy atom. The number of rotatable bonds is 3. The van der Waals surface area contributed by atoms with Gasteiger partial charge in [-0.3, -0.25) is 4.79 Å². The van der Waals surface area contributed by atoms with Crippen molar-refractivity contribution in [2.45, 2.75) is 25.3 Å². The smallest absolute Gasteiger partial charge is 0.326 e. The molecule has 0 saturated carbocycles. The quantitative estimate of drug-likeness (QED) is 0.941. The van der Waals surface area contributed by atoms with Crippen LogP contribution in [0.4, 0.5) is 0 Å². The first-order valence-corrected chi connectivity index (χ1v) is 7.15. The topological polar surface area (TPSA) is 57.6 Å². The van der Waals surface area contributed by atoms with Crippen molar-refractivity contribution in [3.63, 3.8) is 0 Å². The van der Waals surface area contributed by atoms with Crippen LogP contribution in [0.2, 0.25) is 0 Å². The van der Waals surface area contributed by atoms with E-state index in [9.17, 15) is 9.59 Å². The van der Waals surface area contributed by atoms with Crippen molar-refractivity contribution >= 4 is 22.6 Å². The zero-order chi connectivity index (χ0) is 14.8. The summed E-state index contributed by atoms with van der Waals surface area (Å²) < 4.78 is 0. The zero-order valence-corrected chi connectivity index (χ0v) is 11.7. The van der Waals surface area contributed by atoms with Gasteiger partial charge in [-0.25, -0.2) is 4.79 Å². The fraction of sp³-hybridized carbons (Fsp3) is 0.294. The Morgan fingerprint density at radius 1 is 1.14 bits per heavy atom. The van der Waals surface area contributed by atoms with Crippen LogP contribution in [0.1, 0.15) is 18.4 Å². The maximum absolute atomic E-state index is 12.3. The van der Waals surface area contributed by atoms with E-state index in [1.165, 1.54) is 4.90 Å². The van der Waals surface area contributed by atoms with E-state index in [1.807, 2.05) is 42.5 Å². The fourth-order valence-corrected chi connectivity index (χ4v) is 2.95. The zero-order valence-electron chi connectivity index (χ0n) is 11.7. The Labute approximate surface area is 123 Å². The van der Waals surface area contributed by atoms with Gasteiger partial charge in [-0.2, -0.15) is 0 Å². The van der Waals surface area contributed by atoms with E-state index >= 15 is 0 Å². The summed E-state index contributed by atoms with van der Waals surface area (Å²) in [7, 11) is 0. The van der Waals surface area contributed by atoms with Crippen LogP contribution in [0.15, 0.2) is 42.5 Å². The molecule has 108 valence electrons. The molecule has 1 N–H and O–H groups in total. The van der Waals surface area contributed by atoms with Crippen molar-refractivity contribution in [1.29, 1.82) is 0 Å². The molecular formula is C17H17NO3. The van der Waals surface area contributed by atoms with Gasteiger partial charge in [0.05, 0.1) is 6.42 Å². The minimum Gasteiger partial charge on any atom is -0.480 e. The number of carboxylic acid groups (broad SMARTS) is 1. The normalized spacial score (nSPS) is 18.1. The van der Waals surface area contributed by atoms with Gasteiger partial charge in [-0.1, -0.05) is 42.5 Å². The molecule has 0 unspecified atom stereocenters. The molecular weight excluding hydrogens is 266 g/mol. The highest BCUT2D eigenvalue weighted by atomic mass is 16.4. The summed E-state index contributed by atoms with van der Waals surface area (Å²) in [6.45, 7) is 0.545. The second kappa shape index (κ2) is 5.56. The van der Waals surface area contributed by atoms with Gasteiger partial charge >= 0.3 is 5.97 Å². The molecule has 1 atom stereocenters. The first-order chi connectivity index (χ1) is 10.1. The summed E-state index contributed by atoms with van der Waals surface area (Å²) in [4.78, 5) is 25.0. The number of carbonyl (C=O) groups excluding carboxylic acids is 1. The summed E-state index contributed by atoms with van der Waals surface area (Å²) in [5.41, 5.74) is 0.926. The van der Waals surface area contributed by atoms with Crippen LogP contribution in [0, 0.1) is 0 Å². The fourth-order valence-electron chi connectivity index (χ4n) is 2.95. The molecule has 4 heteroatoms. The van der Waals surface area contributed by atoms with Gasteiger partial charge in [0, 0.05) is 6.54 Å².